The summed E-state index contributed by atoms with van der Waals surface area (Å²) in [5.41, 5.74) is 1.79. The van der Waals surface area contributed by atoms with E-state index in [0.29, 0.717) is 17.8 Å². The van der Waals surface area contributed by atoms with Gasteiger partial charge >= 0.3 is 5.69 Å². The number of aromatic nitrogens is 3. The number of rotatable bonds is 6. The van der Waals surface area contributed by atoms with Gasteiger partial charge in [0.2, 0.25) is 11.9 Å². The third-order valence-corrected chi connectivity index (χ3v) is 5.26. The zero-order valence-corrected chi connectivity index (χ0v) is 16.5. The van der Waals surface area contributed by atoms with E-state index in [4.69, 9.17) is 4.74 Å². The van der Waals surface area contributed by atoms with Gasteiger partial charge in [0.05, 0.1) is 7.11 Å². The van der Waals surface area contributed by atoms with E-state index in [9.17, 15) is 4.79 Å². The first-order chi connectivity index (χ1) is 14.2. The Labute approximate surface area is 169 Å². The van der Waals surface area contributed by atoms with Gasteiger partial charge in [-0.1, -0.05) is 30.3 Å². The van der Waals surface area contributed by atoms with Crippen molar-refractivity contribution in [2.45, 2.75) is 19.3 Å². The molecule has 1 saturated heterocycles. The number of methoxy groups -OCH3 is 1. The summed E-state index contributed by atoms with van der Waals surface area (Å²) in [4.78, 5) is 25.4. The molecule has 0 bridgehead atoms. The second-order valence-electron chi connectivity index (χ2n) is 7.28. The van der Waals surface area contributed by atoms with Crippen molar-refractivity contribution in [2.75, 3.05) is 30.4 Å². The monoisotopic (exact) mass is 391 g/mol. The molecule has 4 rings (SSSR count). The van der Waals surface area contributed by atoms with Crippen molar-refractivity contribution < 1.29 is 4.74 Å². The molecule has 150 valence electrons. The number of nitrogens with zero attached hydrogens (tertiary/aromatic N) is 3. The fraction of sp³-hybridized carbons (Fsp3) is 0.318. The Hall–Kier alpha value is -3.35. The van der Waals surface area contributed by atoms with Crippen molar-refractivity contribution in [1.82, 2.24) is 15.0 Å². The van der Waals surface area contributed by atoms with Crippen molar-refractivity contribution in [3.05, 3.63) is 70.6 Å². The zero-order valence-electron chi connectivity index (χ0n) is 16.5. The molecule has 3 aromatic rings. The summed E-state index contributed by atoms with van der Waals surface area (Å²) in [5, 5.41) is 3.13. The molecular weight excluding hydrogens is 366 g/mol. The van der Waals surface area contributed by atoms with Crippen molar-refractivity contribution >= 4 is 17.6 Å². The van der Waals surface area contributed by atoms with Crippen LogP contribution in [-0.4, -0.2) is 35.2 Å². The lowest BCUT2D eigenvalue weighted by molar-refractivity contribution is 0.400. The van der Waals surface area contributed by atoms with Crippen molar-refractivity contribution in [3.63, 3.8) is 0 Å². The van der Waals surface area contributed by atoms with Gasteiger partial charge in [-0.05, 0) is 55.0 Å². The van der Waals surface area contributed by atoms with Gasteiger partial charge < -0.3 is 15.0 Å². The predicted molar refractivity (Wildman–Crippen MR) is 114 cm³/mol. The molecule has 1 fully saturated rings. The lowest BCUT2D eigenvalue weighted by Gasteiger charge is -2.32. The van der Waals surface area contributed by atoms with Gasteiger partial charge in [0.25, 0.3) is 0 Å². The number of hydrogen-bond donors (Lipinski definition) is 2. The lowest BCUT2D eigenvalue weighted by atomic mass is 9.90. The van der Waals surface area contributed by atoms with Crippen LogP contribution in [0.15, 0.2) is 59.4 Å². The van der Waals surface area contributed by atoms with Gasteiger partial charge in [-0.3, -0.25) is 4.98 Å². The molecule has 0 atom stereocenters. The number of nitrogens with one attached hydrogen (secondary N) is 2. The third kappa shape index (κ3) is 4.93. The van der Waals surface area contributed by atoms with E-state index in [1.54, 1.807) is 7.11 Å². The second-order valence-corrected chi connectivity index (χ2v) is 7.28. The maximum Gasteiger partial charge on any atom is 0.351 e. The molecule has 1 aliphatic heterocycles. The summed E-state index contributed by atoms with van der Waals surface area (Å²) < 4.78 is 5.17. The first-order valence-corrected chi connectivity index (χ1v) is 9.88. The molecule has 0 unspecified atom stereocenters. The van der Waals surface area contributed by atoms with Crippen LogP contribution in [0.5, 0.6) is 5.75 Å². The van der Waals surface area contributed by atoms with Gasteiger partial charge in [0.15, 0.2) is 0 Å². The quantitative estimate of drug-likeness (QED) is 0.670. The molecule has 2 N–H and O–H groups in total. The van der Waals surface area contributed by atoms with Crippen molar-refractivity contribution in [2.24, 2.45) is 5.92 Å². The second kappa shape index (κ2) is 8.77. The average molecular weight is 391 g/mol. The van der Waals surface area contributed by atoms with Crippen LogP contribution in [0.3, 0.4) is 0 Å². The van der Waals surface area contributed by atoms with Gasteiger partial charge in [-0.15, -0.1) is 0 Å². The third-order valence-electron chi connectivity index (χ3n) is 5.26. The predicted octanol–water partition coefficient (Wildman–Crippen LogP) is 3.38. The van der Waals surface area contributed by atoms with Gasteiger partial charge in [0.1, 0.15) is 5.75 Å². The first-order valence-electron chi connectivity index (χ1n) is 9.88. The first kappa shape index (κ1) is 19.0. The number of ether oxygens (including phenoxy) is 1. The van der Waals surface area contributed by atoms with E-state index >= 15 is 0 Å². The van der Waals surface area contributed by atoms with Crippen LogP contribution in [0.1, 0.15) is 18.4 Å². The minimum Gasteiger partial charge on any atom is -0.497 e. The molecule has 0 radical (unpaired) electrons. The molecule has 2 heterocycles. The van der Waals surface area contributed by atoms with Crippen molar-refractivity contribution in [3.8, 4) is 5.75 Å². The summed E-state index contributed by atoms with van der Waals surface area (Å²) in [6.07, 6.45) is 3.22. The summed E-state index contributed by atoms with van der Waals surface area (Å²) in [7, 11) is 1.62. The normalized spacial score (nSPS) is 14.6. The van der Waals surface area contributed by atoms with E-state index in [1.807, 2.05) is 30.3 Å². The minimum absolute atomic E-state index is 0.386. The fourth-order valence-electron chi connectivity index (χ4n) is 3.67. The van der Waals surface area contributed by atoms with Gasteiger partial charge in [0, 0.05) is 18.8 Å². The number of piperidine rings is 1. The molecule has 7 heteroatoms. The number of anilines is 3. The van der Waals surface area contributed by atoms with Crippen LogP contribution in [0, 0.1) is 5.92 Å². The Bertz CT molecular complexity index is 980. The molecule has 29 heavy (non-hydrogen) atoms. The van der Waals surface area contributed by atoms with E-state index < -0.39 is 5.69 Å². The summed E-state index contributed by atoms with van der Waals surface area (Å²) >= 11 is 0. The van der Waals surface area contributed by atoms with Gasteiger partial charge in [-0.25, -0.2) is 4.79 Å². The molecule has 7 nitrogen and oxygen atoms in total. The summed E-state index contributed by atoms with van der Waals surface area (Å²) in [6.45, 7) is 1.70. The summed E-state index contributed by atoms with van der Waals surface area (Å²) in [6, 6.07) is 18.0. The molecule has 0 saturated carbocycles. The molecule has 0 aliphatic carbocycles. The Balaban J connectivity index is 1.40. The van der Waals surface area contributed by atoms with E-state index in [2.05, 4.69) is 49.4 Å². The average Bonchev–Trinajstić information content (AvgIpc) is 2.75. The Kier molecular flexibility index (Phi) is 5.74. The van der Waals surface area contributed by atoms with E-state index in [1.165, 1.54) is 5.56 Å². The SMILES string of the molecule is COc1ccc(Nc2nc(N3CCC(Cc4ccccc4)CC3)nc(=O)[nH]2)cc1. The Morgan fingerprint density at radius 3 is 2.48 bits per heavy atom. The zero-order chi connectivity index (χ0) is 20.1. The van der Waals surface area contributed by atoms with Crippen LogP contribution in [-0.2, 0) is 6.42 Å². The minimum atomic E-state index is -0.405. The number of benzene rings is 2. The molecule has 2 aromatic carbocycles. The van der Waals surface area contributed by atoms with Gasteiger partial charge in [-0.2, -0.15) is 9.97 Å². The number of H-pyrrole nitrogens is 1. The highest BCUT2D eigenvalue weighted by Gasteiger charge is 2.22. The number of aromatic amines is 1. The summed E-state index contributed by atoms with van der Waals surface area (Å²) in [5.74, 6) is 2.28. The van der Waals surface area contributed by atoms with Crippen LogP contribution in [0.4, 0.5) is 17.6 Å². The molecule has 1 aliphatic rings. The van der Waals surface area contributed by atoms with E-state index in [0.717, 1.165) is 43.8 Å². The highest BCUT2D eigenvalue weighted by atomic mass is 16.5. The topological polar surface area (TPSA) is 83.1 Å². The molecule has 1 aromatic heterocycles. The lowest BCUT2D eigenvalue weighted by Crippen LogP contribution is -2.36. The van der Waals surface area contributed by atoms with E-state index in [-0.39, 0.29) is 0 Å². The van der Waals surface area contributed by atoms with Crippen LogP contribution < -0.4 is 20.6 Å². The molecule has 0 spiro atoms. The maximum atomic E-state index is 12.1. The highest BCUT2D eigenvalue weighted by molar-refractivity contribution is 5.55. The Morgan fingerprint density at radius 2 is 1.79 bits per heavy atom. The fourth-order valence-corrected chi connectivity index (χ4v) is 3.67. The van der Waals surface area contributed by atoms with Crippen LogP contribution in [0.2, 0.25) is 0 Å². The van der Waals surface area contributed by atoms with Crippen molar-refractivity contribution in [1.29, 1.82) is 0 Å². The largest absolute Gasteiger partial charge is 0.497 e. The smallest absolute Gasteiger partial charge is 0.351 e. The van der Waals surface area contributed by atoms with Crippen LogP contribution >= 0.6 is 0 Å². The Morgan fingerprint density at radius 1 is 1.07 bits per heavy atom. The maximum absolute atomic E-state index is 12.1. The van der Waals surface area contributed by atoms with Crippen LogP contribution in [0.25, 0.3) is 0 Å². The standard InChI is InChI=1S/C22H25N5O2/c1-29-19-9-7-18(8-10-19)23-20-24-21(26-22(28)25-20)27-13-11-17(12-14-27)15-16-5-3-2-4-6-16/h2-10,17H,11-15H2,1H3,(H2,23,24,25,26,28). The molecule has 0 amide bonds. The number of hydrogen-bond acceptors (Lipinski definition) is 6. The highest BCUT2D eigenvalue weighted by Crippen LogP contribution is 2.24. The molecular formula is C22H25N5O2.